The molecule has 106 valence electrons. The van der Waals surface area contributed by atoms with E-state index in [1.54, 1.807) is 0 Å². The van der Waals surface area contributed by atoms with Gasteiger partial charge in [0, 0.05) is 10.5 Å². The molecule has 0 aliphatic carbocycles. The second-order valence-electron chi connectivity index (χ2n) is 4.61. The summed E-state index contributed by atoms with van der Waals surface area (Å²) >= 11 is 3.44. The molecule has 2 aromatic carbocycles. The van der Waals surface area contributed by atoms with Gasteiger partial charge in [-0.05, 0) is 24.1 Å². The number of rotatable bonds is 5. The van der Waals surface area contributed by atoms with Crippen LogP contribution in [0.3, 0.4) is 0 Å². The third-order valence-corrected chi connectivity index (χ3v) is 5.08. The molecule has 0 spiro atoms. The quantitative estimate of drug-likeness (QED) is 0.891. The molecule has 0 aromatic heterocycles. The molecule has 0 saturated carbocycles. The number of hydrogen-bond donors (Lipinski definition) is 1. The molecule has 2 rings (SSSR count). The van der Waals surface area contributed by atoms with Crippen LogP contribution in [0.4, 0.5) is 0 Å². The van der Waals surface area contributed by atoms with E-state index in [4.69, 9.17) is 0 Å². The van der Waals surface area contributed by atoms with Crippen molar-refractivity contribution in [3.8, 4) is 0 Å². The molecule has 0 unspecified atom stereocenters. The molecule has 1 atom stereocenters. The lowest BCUT2D eigenvalue weighted by Gasteiger charge is -2.16. The fourth-order valence-electron chi connectivity index (χ4n) is 1.99. The van der Waals surface area contributed by atoms with Gasteiger partial charge in [0.25, 0.3) is 0 Å². The summed E-state index contributed by atoms with van der Waals surface area (Å²) in [4.78, 5) is 0. The molecule has 0 amide bonds. The predicted octanol–water partition coefficient (Wildman–Crippen LogP) is 3.63. The monoisotopic (exact) mass is 353 g/mol. The Kier molecular flexibility index (Phi) is 4.96. The highest BCUT2D eigenvalue weighted by molar-refractivity contribution is 9.10. The van der Waals surface area contributed by atoms with Crippen LogP contribution in [0.5, 0.6) is 0 Å². The van der Waals surface area contributed by atoms with Crippen molar-refractivity contribution in [3.05, 3.63) is 70.2 Å². The summed E-state index contributed by atoms with van der Waals surface area (Å²) in [5, 5.41) is 0. The van der Waals surface area contributed by atoms with Gasteiger partial charge < -0.3 is 0 Å². The van der Waals surface area contributed by atoms with Gasteiger partial charge in [-0.1, -0.05) is 64.5 Å². The maximum atomic E-state index is 12.2. The predicted molar refractivity (Wildman–Crippen MR) is 84.8 cm³/mol. The molecule has 0 fully saturated rings. The minimum absolute atomic E-state index is 0.0113. The van der Waals surface area contributed by atoms with Crippen molar-refractivity contribution in [3.63, 3.8) is 0 Å². The van der Waals surface area contributed by atoms with Crippen LogP contribution in [0.1, 0.15) is 24.1 Å². The third kappa shape index (κ3) is 4.16. The highest BCUT2D eigenvalue weighted by Crippen LogP contribution is 2.23. The molecule has 5 heteroatoms. The fraction of sp³-hybridized carbons (Fsp3) is 0.200. The SMILES string of the molecule is C[C@H](NS(=O)(=O)Cc1ccccc1)c1ccccc1Br. The van der Waals surface area contributed by atoms with Crippen LogP contribution in [0.2, 0.25) is 0 Å². The van der Waals surface area contributed by atoms with Gasteiger partial charge in [0.05, 0.1) is 5.75 Å². The average molecular weight is 354 g/mol. The van der Waals surface area contributed by atoms with Gasteiger partial charge in [-0.2, -0.15) is 0 Å². The van der Waals surface area contributed by atoms with E-state index in [9.17, 15) is 8.42 Å². The Morgan fingerprint density at radius 3 is 2.30 bits per heavy atom. The summed E-state index contributed by atoms with van der Waals surface area (Å²) in [6, 6.07) is 16.5. The largest absolute Gasteiger partial charge is 0.216 e. The molecule has 1 N–H and O–H groups in total. The van der Waals surface area contributed by atoms with E-state index in [-0.39, 0.29) is 11.8 Å². The minimum Gasteiger partial charge on any atom is -0.212 e. The van der Waals surface area contributed by atoms with Crippen molar-refractivity contribution in [2.45, 2.75) is 18.7 Å². The number of sulfonamides is 1. The lowest BCUT2D eigenvalue weighted by Crippen LogP contribution is -2.28. The molecule has 0 saturated heterocycles. The number of halogens is 1. The Morgan fingerprint density at radius 2 is 1.65 bits per heavy atom. The molecule has 2 aromatic rings. The van der Waals surface area contributed by atoms with E-state index in [1.807, 2.05) is 61.5 Å². The highest BCUT2D eigenvalue weighted by Gasteiger charge is 2.17. The van der Waals surface area contributed by atoms with Crippen LogP contribution in [-0.4, -0.2) is 8.42 Å². The highest BCUT2D eigenvalue weighted by atomic mass is 79.9. The molecule has 0 heterocycles. The van der Waals surface area contributed by atoms with Crippen LogP contribution in [0, 0.1) is 0 Å². The number of nitrogens with one attached hydrogen (secondary N) is 1. The fourth-order valence-corrected chi connectivity index (χ4v) is 4.00. The maximum Gasteiger partial charge on any atom is 0.216 e. The number of hydrogen-bond acceptors (Lipinski definition) is 2. The summed E-state index contributed by atoms with van der Waals surface area (Å²) in [6.45, 7) is 1.84. The number of benzene rings is 2. The van der Waals surface area contributed by atoms with Crippen molar-refractivity contribution < 1.29 is 8.42 Å². The van der Waals surface area contributed by atoms with Crippen molar-refractivity contribution >= 4 is 26.0 Å². The van der Waals surface area contributed by atoms with Crippen molar-refractivity contribution in [1.29, 1.82) is 0 Å². The summed E-state index contributed by atoms with van der Waals surface area (Å²) in [7, 11) is -3.37. The van der Waals surface area contributed by atoms with Gasteiger partial charge in [-0.15, -0.1) is 0 Å². The Morgan fingerprint density at radius 1 is 1.05 bits per heavy atom. The van der Waals surface area contributed by atoms with Crippen LogP contribution in [-0.2, 0) is 15.8 Å². The molecular formula is C15H16BrNO2S. The van der Waals surface area contributed by atoms with Gasteiger partial charge in [-0.25, -0.2) is 13.1 Å². The first-order valence-electron chi connectivity index (χ1n) is 6.26. The van der Waals surface area contributed by atoms with E-state index in [2.05, 4.69) is 20.7 Å². The second-order valence-corrected chi connectivity index (χ2v) is 7.21. The smallest absolute Gasteiger partial charge is 0.212 e. The van der Waals surface area contributed by atoms with Crippen molar-refractivity contribution in [2.75, 3.05) is 0 Å². The minimum atomic E-state index is -3.37. The van der Waals surface area contributed by atoms with Gasteiger partial charge >= 0.3 is 0 Å². The third-order valence-electron chi connectivity index (χ3n) is 2.93. The lowest BCUT2D eigenvalue weighted by atomic mass is 10.1. The molecule has 0 radical (unpaired) electrons. The molecule has 3 nitrogen and oxygen atoms in total. The molecule has 0 bridgehead atoms. The van der Waals surface area contributed by atoms with Gasteiger partial charge in [0.15, 0.2) is 0 Å². The molecular weight excluding hydrogens is 338 g/mol. The zero-order valence-electron chi connectivity index (χ0n) is 11.1. The van der Waals surface area contributed by atoms with Crippen LogP contribution >= 0.6 is 15.9 Å². The van der Waals surface area contributed by atoms with Gasteiger partial charge in [-0.3, -0.25) is 0 Å². The van der Waals surface area contributed by atoms with E-state index in [1.165, 1.54) is 0 Å². The normalized spacial score (nSPS) is 13.1. The lowest BCUT2D eigenvalue weighted by molar-refractivity contribution is 0.565. The summed E-state index contributed by atoms with van der Waals surface area (Å²) in [5.41, 5.74) is 1.70. The molecule has 0 aliphatic rings. The standard InChI is InChI=1S/C15H16BrNO2S/c1-12(14-9-5-6-10-15(14)16)17-20(18,19)11-13-7-3-2-4-8-13/h2-10,12,17H,11H2,1H3/t12-/m0/s1. The van der Waals surface area contributed by atoms with Crippen LogP contribution in [0.25, 0.3) is 0 Å². The van der Waals surface area contributed by atoms with Gasteiger partial charge in [0.2, 0.25) is 10.0 Å². The first kappa shape index (κ1) is 15.2. The molecule has 0 aliphatic heterocycles. The summed E-state index contributed by atoms with van der Waals surface area (Å²) in [6.07, 6.45) is 0. The van der Waals surface area contributed by atoms with Crippen molar-refractivity contribution in [1.82, 2.24) is 4.72 Å². The van der Waals surface area contributed by atoms with Crippen LogP contribution < -0.4 is 4.72 Å². The van der Waals surface area contributed by atoms with Gasteiger partial charge in [0.1, 0.15) is 0 Å². The van der Waals surface area contributed by atoms with E-state index in [0.717, 1.165) is 15.6 Å². The Labute approximate surface area is 128 Å². The summed E-state index contributed by atoms with van der Waals surface area (Å²) in [5.74, 6) is -0.0113. The summed E-state index contributed by atoms with van der Waals surface area (Å²) < 4.78 is 27.9. The first-order chi connectivity index (χ1) is 9.48. The molecule has 20 heavy (non-hydrogen) atoms. The zero-order chi connectivity index (χ0) is 14.6. The Bertz CT molecular complexity index is 671. The Hall–Kier alpha value is -1.17. The topological polar surface area (TPSA) is 46.2 Å². The van der Waals surface area contributed by atoms with E-state index in [0.29, 0.717) is 0 Å². The maximum absolute atomic E-state index is 12.2. The Balaban J connectivity index is 2.11. The van der Waals surface area contributed by atoms with E-state index < -0.39 is 10.0 Å². The first-order valence-corrected chi connectivity index (χ1v) is 8.71. The average Bonchev–Trinajstić information content (AvgIpc) is 2.39. The van der Waals surface area contributed by atoms with Crippen LogP contribution in [0.15, 0.2) is 59.1 Å². The zero-order valence-corrected chi connectivity index (χ0v) is 13.5. The van der Waals surface area contributed by atoms with Crippen molar-refractivity contribution in [2.24, 2.45) is 0 Å². The second kappa shape index (κ2) is 6.52. The van der Waals surface area contributed by atoms with E-state index >= 15 is 0 Å².